The van der Waals surface area contributed by atoms with E-state index in [1.807, 2.05) is 61.5 Å². The zero-order valence-electron chi connectivity index (χ0n) is 18.5. The van der Waals surface area contributed by atoms with E-state index in [-0.39, 0.29) is 17.8 Å². The number of carbonyl (C=O) groups excluding carboxylic acids is 2. The normalized spacial score (nSPS) is 12.9. The molecule has 0 unspecified atom stereocenters. The highest BCUT2D eigenvalue weighted by Gasteiger charge is 2.26. The second-order valence-corrected chi connectivity index (χ2v) is 8.37. The maximum absolute atomic E-state index is 13.3. The van der Waals surface area contributed by atoms with Crippen molar-refractivity contribution in [3.8, 4) is 0 Å². The van der Waals surface area contributed by atoms with Crippen molar-refractivity contribution in [3.63, 3.8) is 0 Å². The predicted molar refractivity (Wildman–Crippen MR) is 124 cm³/mol. The number of likely N-dealkylation sites (N-methyl/N-ethyl adjacent to an activating group) is 1. The van der Waals surface area contributed by atoms with Crippen LogP contribution in [0.3, 0.4) is 0 Å². The van der Waals surface area contributed by atoms with Crippen LogP contribution in [0.4, 0.5) is 5.95 Å². The molecule has 1 aromatic heterocycles. The van der Waals surface area contributed by atoms with Gasteiger partial charge in [0.1, 0.15) is 5.69 Å². The molecule has 32 heavy (non-hydrogen) atoms. The van der Waals surface area contributed by atoms with Gasteiger partial charge in [0.25, 0.3) is 5.91 Å². The van der Waals surface area contributed by atoms with Gasteiger partial charge in [0.2, 0.25) is 11.9 Å². The summed E-state index contributed by atoms with van der Waals surface area (Å²) < 4.78 is 0. The Kier molecular flexibility index (Phi) is 6.32. The van der Waals surface area contributed by atoms with E-state index in [1.165, 1.54) is 0 Å². The van der Waals surface area contributed by atoms with Crippen molar-refractivity contribution in [2.45, 2.75) is 25.9 Å². The van der Waals surface area contributed by atoms with Gasteiger partial charge in [-0.05, 0) is 49.3 Å². The van der Waals surface area contributed by atoms with E-state index in [0.717, 1.165) is 23.2 Å². The quantitative estimate of drug-likeness (QED) is 0.592. The van der Waals surface area contributed by atoms with Gasteiger partial charge in [0.15, 0.2) is 0 Å². The summed E-state index contributed by atoms with van der Waals surface area (Å²) in [7, 11) is 3.94. The van der Waals surface area contributed by atoms with E-state index in [0.29, 0.717) is 49.1 Å². The van der Waals surface area contributed by atoms with Gasteiger partial charge in [-0.25, -0.2) is 9.97 Å². The van der Waals surface area contributed by atoms with Crippen LogP contribution in [0.5, 0.6) is 0 Å². The highest BCUT2D eigenvalue weighted by molar-refractivity contribution is 6.05. The Balaban J connectivity index is 1.52. The van der Waals surface area contributed by atoms with Gasteiger partial charge in [-0.2, -0.15) is 0 Å². The first kappa shape index (κ1) is 21.7. The van der Waals surface area contributed by atoms with Crippen molar-refractivity contribution in [1.29, 1.82) is 0 Å². The van der Waals surface area contributed by atoms with E-state index >= 15 is 0 Å². The van der Waals surface area contributed by atoms with E-state index in [2.05, 4.69) is 15.3 Å². The molecule has 166 valence electrons. The summed E-state index contributed by atoms with van der Waals surface area (Å²) in [4.78, 5) is 37.9. The highest BCUT2D eigenvalue weighted by Crippen LogP contribution is 2.26. The fourth-order valence-electron chi connectivity index (χ4n) is 3.90. The molecule has 0 spiro atoms. The van der Waals surface area contributed by atoms with Gasteiger partial charge in [-0.1, -0.05) is 30.3 Å². The number of rotatable bonds is 7. The third-order valence-corrected chi connectivity index (χ3v) is 5.63. The molecule has 8 nitrogen and oxygen atoms in total. The molecule has 0 saturated carbocycles. The zero-order valence-corrected chi connectivity index (χ0v) is 18.5. The second kappa shape index (κ2) is 9.32. The number of nitrogens with zero attached hydrogens (tertiary/aromatic N) is 4. The zero-order chi connectivity index (χ0) is 22.7. The molecule has 1 aliphatic heterocycles. The Bertz CT molecular complexity index is 1140. The van der Waals surface area contributed by atoms with E-state index in [4.69, 9.17) is 5.73 Å². The lowest BCUT2D eigenvalue weighted by Crippen LogP contribution is -2.31. The first-order valence-corrected chi connectivity index (χ1v) is 10.7. The molecule has 2 amide bonds. The predicted octanol–water partition coefficient (Wildman–Crippen LogP) is 1.98. The van der Waals surface area contributed by atoms with Crippen LogP contribution >= 0.6 is 0 Å². The summed E-state index contributed by atoms with van der Waals surface area (Å²) in [6.07, 6.45) is 0.941. The molecular weight excluding hydrogens is 404 g/mol. The van der Waals surface area contributed by atoms with Crippen LogP contribution in [0.1, 0.15) is 33.6 Å². The average molecular weight is 433 g/mol. The first-order chi connectivity index (χ1) is 15.4. The molecule has 0 saturated heterocycles. The molecule has 0 radical (unpaired) electrons. The highest BCUT2D eigenvalue weighted by atomic mass is 16.2. The lowest BCUT2D eigenvalue weighted by atomic mass is 10.0. The van der Waals surface area contributed by atoms with E-state index in [1.54, 1.807) is 4.90 Å². The van der Waals surface area contributed by atoms with Gasteiger partial charge in [0.05, 0.1) is 5.52 Å². The SMILES string of the molecule is CN(C)CCNC(=O)CCc1ccc2nc(N)nc(C(=O)N3Cc4ccccc4C3)c2c1. The first-order valence-electron chi connectivity index (χ1n) is 10.7. The summed E-state index contributed by atoms with van der Waals surface area (Å²) in [5.74, 6) is -0.0870. The van der Waals surface area contributed by atoms with Gasteiger partial charge in [0, 0.05) is 38.0 Å². The summed E-state index contributed by atoms with van der Waals surface area (Å²) in [5, 5.41) is 3.58. The molecule has 8 heteroatoms. The van der Waals surface area contributed by atoms with Crippen molar-refractivity contribution in [1.82, 2.24) is 25.1 Å². The number of aryl methyl sites for hydroxylation is 1. The number of carbonyl (C=O) groups is 2. The van der Waals surface area contributed by atoms with Crippen LogP contribution in [-0.4, -0.2) is 58.8 Å². The fraction of sp³-hybridized carbons (Fsp3) is 0.333. The number of anilines is 1. The molecule has 0 fully saturated rings. The minimum Gasteiger partial charge on any atom is -0.368 e. The Morgan fingerprint density at radius 1 is 1.09 bits per heavy atom. The molecule has 0 aliphatic carbocycles. The average Bonchev–Trinajstić information content (AvgIpc) is 3.20. The second-order valence-electron chi connectivity index (χ2n) is 8.37. The van der Waals surface area contributed by atoms with Crippen LogP contribution < -0.4 is 11.1 Å². The third kappa shape index (κ3) is 4.86. The topological polar surface area (TPSA) is 104 Å². The maximum Gasteiger partial charge on any atom is 0.273 e. The standard InChI is InChI=1S/C24H28N6O2/c1-29(2)12-11-26-21(31)10-8-16-7-9-20-19(13-16)22(28-24(25)27-20)23(32)30-14-17-5-3-4-6-18(17)15-30/h3-7,9,13H,8,10-12,14-15H2,1-2H3,(H,26,31)(H2,25,27,28). The minimum atomic E-state index is -0.168. The van der Waals surface area contributed by atoms with Gasteiger partial charge < -0.3 is 20.9 Å². The number of hydrogen-bond acceptors (Lipinski definition) is 6. The van der Waals surface area contributed by atoms with Crippen molar-refractivity contribution < 1.29 is 9.59 Å². The van der Waals surface area contributed by atoms with Crippen LogP contribution in [0.15, 0.2) is 42.5 Å². The van der Waals surface area contributed by atoms with Crippen molar-refractivity contribution >= 4 is 28.7 Å². The molecule has 4 rings (SSSR count). The van der Waals surface area contributed by atoms with E-state index in [9.17, 15) is 9.59 Å². The Labute approximate surface area is 187 Å². The third-order valence-electron chi connectivity index (χ3n) is 5.63. The molecular formula is C24H28N6O2. The fourth-order valence-corrected chi connectivity index (χ4v) is 3.90. The number of nitrogens with two attached hydrogens (primary N) is 1. The van der Waals surface area contributed by atoms with Crippen LogP contribution in [0, 0.1) is 0 Å². The van der Waals surface area contributed by atoms with Gasteiger partial charge >= 0.3 is 0 Å². The number of nitrogens with one attached hydrogen (secondary N) is 1. The monoisotopic (exact) mass is 432 g/mol. The maximum atomic E-state index is 13.3. The number of hydrogen-bond donors (Lipinski definition) is 2. The van der Waals surface area contributed by atoms with Crippen molar-refractivity contribution in [3.05, 3.63) is 64.8 Å². The molecule has 3 N–H and O–H groups in total. The smallest absolute Gasteiger partial charge is 0.273 e. The lowest BCUT2D eigenvalue weighted by Gasteiger charge is -2.16. The van der Waals surface area contributed by atoms with Crippen LogP contribution in [-0.2, 0) is 24.3 Å². The lowest BCUT2D eigenvalue weighted by molar-refractivity contribution is -0.121. The van der Waals surface area contributed by atoms with E-state index < -0.39 is 0 Å². The summed E-state index contributed by atoms with van der Waals surface area (Å²) in [6, 6.07) is 13.7. The Hall–Kier alpha value is -3.52. The summed E-state index contributed by atoms with van der Waals surface area (Å²) >= 11 is 0. The Morgan fingerprint density at radius 2 is 1.81 bits per heavy atom. The molecule has 0 atom stereocenters. The largest absolute Gasteiger partial charge is 0.368 e. The van der Waals surface area contributed by atoms with Crippen molar-refractivity contribution in [2.75, 3.05) is 32.9 Å². The minimum absolute atomic E-state index is 0.00614. The summed E-state index contributed by atoms with van der Waals surface area (Å²) in [6.45, 7) is 2.51. The molecule has 3 aromatic rings. The van der Waals surface area contributed by atoms with Gasteiger partial charge in [-0.3, -0.25) is 9.59 Å². The number of nitrogen functional groups attached to an aromatic ring is 1. The molecule has 2 aromatic carbocycles. The van der Waals surface area contributed by atoms with Crippen LogP contribution in [0.2, 0.25) is 0 Å². The van der Waals surface area contributed by atoms with Crippen molar-refractivity contribution in [2.24, 2.45) is 0 Å². The molecule has 0 bridgehead atoms. The number of aromatic nitrogens is 2. The molecule has 1 aliphatic rings. The number of fused-ring (bicyclic) bond motifs is 2. The Morgan fingerprint density at radius 3 is 2.50 bits per heavy atom. The number of amides is 2. The number of benzene rings is 2. The summed E-state index contributed by atoms with van der Waals surface area (Å²) in [5.41, 5.74) is 10.1. The molecule has 2 heterocycles. The van der Waals surface area contributed by atoms with Crippen LogP contribution in [0.25, 0.3) is 10.9 Å². The van der Waals surface area contributed by atoms with Gasteiger partial charge in [-0.15, -0.1) is 0 Å².